The number of hydrogen-bond acceptors (Lipinski definition) is 4. The van der Waals surface area contributed by atoms with E-state index in [0.717, 1.165) is 43.6 Å². The van der Waals surface area contributed by atoms with Crippen LogP contribution in [0.2, 0.25) is 0 Å². The fourth-order valence-corrected chi connectivity index (χ4v) is 2.21. The van der Waals surface area contributed by atoms with Gasteiger partial charge in [0.15, 0.2) is 0 Å². The molecular formula is C17H21F3N4. The number of benzene rings is 1. The molecule has 0 spiro atoms. The molecule has 0 fully saturated rings. The fourth-order valence-electron chi connectivity index (χ4n) is 2.21. The molecule has 1 aromatic carbocycles. The largest absolute Gasteiger partial charge is 0.416 e. The summed E-state index contributed by atoms with van der Waals surface area (Å²) in [5.74, 6) is 0.931. The first-order chi connectivity index (χ1) is 11.4. The van der Waals surface area contributed by atoms with Crippen molar-refractivity contribution in [2.75, 3.05) is 17.2 Å². The summed E-state index contributed by atoms with van der Waals surface area (Å²) in [6, 6.07) is 6.73. The van der Waals surface area contributed by atoms with Crippen LogP contribution in [0.3, 0.4) is 0 Å². The molecule has 1 heterocycles. The lowest BCUT2D eigenvalue weighted by Crippen LogP contribution is -2.08. The van der Waals surface area contributed by atoms with Crippen LogP contribution in [0.1, 0.15) is 37.4 Å². The second kappa shape index (κ2) is 7.99. The molecule has 0 unspecified atom stereocenters. The number of alkyl halides is 3. The number of halogens is 3. The van der Waals surface area contributed by atoms with Gasteiger partial charge in [0, 0.05) is 24.0 Å². The molecule has 2 aromatic rings. The molecule has 0 saturated heterocycles. The van der Waals surface area contributed by atoms with Gasteiger partial charge in [-0.1, -0.05) is 25.8 Å². The summed E-state index contributed by atoms with van der Waals surface area (Å²) in [6.45, 7) is 4.71. The summed E-state index contributed by atoms with van der Waals surface area (Å²) < 4.78 is 38.3. The number of aryl methyl sites for hydroxylation is 1. The van der Waals surface area contributed by atoms with Gasteiger partial charge in [-0.15, -0.1) is 0 Å². The third kappa shape index (κ3) is 5.40. The van der Waals surface area contributed by atoms with Crippen molar-refractivity contribution in [2.24, 2.45) is 0 Å². The number of nitrogens with zero attached hydrogens (tertiary/aromatic N) is 2. The van der Waals surface area contributed by atoms with Crippen LogP contribution in [0.4, 0.5) is 30.6 Å². The molecule has 24 heavy (non-hydrogen) atoms. The molecule has 0 amide bonds. The van der Waals surface area contributed by atoms with E-state index in [2.05, 4.69) is 27.5 Å². The Bertz CT molecular complexity index is 671. The molecule has 0 saturated carbocycles. The lowest BCUT2D eigenvalue weighted by atomic mass is 10.2. The van der Waals surface area contributed by atoms with Crippen molar-refractivity contribution < 1.29 is 13.2 Å². The maximum Gasteiger partial charge on any atom is 0.416 e. The minimum atomic E-state index is -4.37. The van der Waals surface area contributed by atoms with E-state index >= 15 is 0 Å². The number of rotatable bonds is 7. The highest BCUT2D eigenvalue weighted by Gasteiger charge is 2.30. The van der Waals surface area contributed by atoms with Gasteiger partial charge in [-0.3, -0.25) is 0 Å². The van der Waals surface area contributed by atoms with Gasteiger partial charge in [-0.05, 0) is 31.5 Å². The summed E-state index contributed by atoms with van der Waals surface area (Å²) in [4.78, 5) is 8.59. The number of unbranched alkanes of at least 4 members (excludes halogenated alkanes) is 2. The lowest BCUT2D eigenvalue weighted by Gasteiger charge is -2.12. The van der Waals surface area contributed by atoms with Gasteiger partial charge in [-0.25, -0.2) is 4.98 Å². The zero-order chi connectivity index (χ0) is 17.6. The molecule has 2 rings (SSSR count). The van der Waals surface area contributed by atoms with E-state index in [-0.39, 0.29) is 0 Å². The minimum Gasteiger partial charge on any atom is -0.354 e. The van der Waals surface area contributed by atoms with E-state index < -0.39 is 11.7 Å². The first-order valence-corrected chi connectivity index (χ1v) is 7.92. The monoisotopic (exact) mass is 338 g/mol. The summed E-state index contributed by atoms with van der Waals surface area (Å²) in [7, 11) is 0. The maximum absolute atomic E-state index is 12.8. The Morgan fingerprint density at radius 3 is 2.58 bits per heavy atom. The minimum absolute atomic E-state index is 0.333. The highest BCUT2D eigenvalue weighted by Crippen LogP contribution is 2.31. The molecule has 130 valence electrons. The van der Waals surface area contributed by atoms with Gasteiger partial charge in [-0.2, -0.15) is 18.2 Å². The van der Waals surface area contributed by atoms with E-state index in [0.29, 0.717) is 17.5 Å². The van der Waals surface area contributed by atoms with E-state index in [4.69, 9.17) is 0 Å². The fraction of sp³-hybridized carbons (Fsp3) is 0.412. The standard InChI is InChI=1S/C17H21F3N4/c1-3-4-5-9-21-16-22-12(2)10-15(24-16)23-14-8-6-7-13(11-14)17(18,19)20/h6-8,10-11H,3-5,9H2,1-2H3,(H2,21,22,23,24). The molecule has 0 bridgehead atoms. The quantitative estimate of drug-likeness (QED) is 0.686. The molecule has 7 heteroatoms. The van der Waals surface area contributed by atoms with Crippen LogP contribution in [0, 0.1) is 6.92 Å². The van der Waals surface area contributed by atoms with Crippen LogP contribution < -0.4 is 10.6 Å². The van der Waals surface area contributed by atoms with E-state index in [1.807, 2.05) is 6.92 Å². The molecule has 0 aliphatic rings. The van der Waals surface area contributed by atoms with Crippen molar-refractivity contribution in [1.82, 2.24) is 9.97 Å². The van der Waals surface area contributed by atoms with Crippen molar-refractivity contribution >= 4 is 17.5 Å². The van der Waals surface area contributed by atoms with E-state index in [1.165, 1.54) is 6.07 Å². The Hall–Kier alpha value is -2.31. The Morgan fingerprint density at radius 2 is 1.88 bits per heavy atom. The smallest absolute Gasteiger partial charge is 0.354 e. The van der Waals surface area contributed by atoms with Crippen LogP contribution in [-0.4, -0.2) is 16.5 Å². The summed E-state index contributed by atoms with van der Waals surface area (Å²) in [5.41, 5.74) is 0.369. The van der Waals surface area contributed by atoms with Crippen LogP contribution in [0.5, 0.6) is 0 Å². The number of hydrogen-bond donors (Lipinski definition) is 2. The van der Waals surface area contributed by atoms with Gasteiger partial charge < -0.3 is 10.6 Å². The predicted molar refractivity (Wildman–Crippen MR) is 89.5 cm³/mol. The number of aromatic nitrogens is 2. The van der Waals surface area contributed by atoms with Crippen molar-refractivity contribution in [1.29, 1.82) is 0 Å². The van der Waals surface area contributed by atoms with Crippen LogP contribution in [-0.2, 0) is 6.18 Å². The van der Waals surface area contributed by atoms with Crippen molar-refractivity contribution in [2.45, 2.75) is 39.3 Å². The molecule has 4 nitrogen and oxygen atoms in total. The van der Waals surface area contributed by atoms with Gasteiger partial charge in [0.1, 0.15) is 5.82 Å². The average molecular weight is 338 g/mol. The SMILES string of the molecule is CCCCCNc1nc(C)cc(Nc2cccc(C(F)(F)F)c2)n1. The highest BCUT2D eigenvalue weighted by molar-refractivity contribution is 5.58. The zero-order valence-corrected chi connectivity index (χ0v) is 13.7. The molecule has 0 aliphatic heterocycles. The molecule has 1 aromatic heterocycles. The van der Waals surface area contributed by atoms with Crippen molar-refractivity contribution in [3.63, 3.8) is 0 Å². The molecule has 0 radical (unpaired) electrons. The average Bonchev–Trinajstić information content (AvgIpc) is 2.50. The topological polar surface area (TPSA) is 49.8 Å². The van der Waals surface area contributed by atoms with Gasteiger partial charge in [0.05, 0.1) is 5.56 Å². The third-order valence-corrected chi connectivity index (χ3v) is 3.38. The number of anilines is 3. The second-order valence-corrected chi connectivity index (χ2v) is 5.56. The Labute approximate surface area is 139 Å². The first kappa shape index (κ1) is 18.0. The summed E-state index contributed by atoms with van der Waals surface area (Å²) in [5, 5.41) is 6.05. The van der Waals surface area contributed by atoms with Gasteiger partial charge in [0.2, 0.25) is 5.95 Å². The van der Waals surface area contributed by atoms with Gasteiger partial charge in [0.25, 0.3) is 0 Å². The predicted octanol–water partition coefficient (Wildman–Crippen LogP) is 5.15. The van der Waals surface area contributed by atoms with Crippen LogP contribution in [0.15, 0.2) is 30.3 Å². The van der Waals surface area contributed by atoms with Crippen molar-refractivity contribution in [3.05, 3.63) is 41.6 Å². The summed E-state index contributed by atoms with van der Waals surface area (Å²) >= 11 is 0. The third-order valence-electron chi connectivity index (χ3n) is 3.38. The van der Waals surface area contributed by atoms with Crippen molar-refractivity contribution in [3.8, 4) is 0 Å². The normalized spacial score (nSPS) is 11.4. The second-order valence-electron chi connectivity index (χ2n) is 5.56. The van der Waals surface area contributed by atoms with Gasteiger partial charge >= 0.3 is 6.18 Å². The highest BCUT2D eigenvalue weighted by atomic mass is 19.4. The Balaban J connectivity index is 2.10. The first-order valence-electron chi connectivity index (χ1n) is 7.92. The number of nitrogens with one attached hydrogen (secondary N) is 2. The lowest BCUT2D eigenvalue weighted by molar-refractivity contribution is -0.137. The molecule has 0 aliphatic carbocycles. The molecule has 0 atom stereocenters. The Morgan fingerprint density at radius 1 is 1.08 bits per heavy atom. The van der Waals surface area contributed by atoms with Crippen LogP contribution >= 0.6 is 0 Å². The van der Waals surface area contributed by atoms with E-state index in [9.17, 15) is 13.2 Å². The van der Waals surface area contributed by atoms with E-state index in [1.54, 1.807) is 12.1 Å². The zero-order valence-electron chi connectivity index (χ0n) is 13.7. The summed E-state index contributed by atoms with van der Waals surface area (Å²) in [6.07, 6.45) is -1.11. The maximum atomic E-state index is 12.8. The van der Waals surface area contributed by atoms with Crippen LogP contribution in [0.25, 0.3) is 0 Å². The molecular weight excluding hydrogens is 317 g/mol. The molecule has 2 N–H and O–H groups in total. The Kier molecular flexibility index (Phi) is 6.00.